The lowest BCUT2D eigenvalue weighted by molar-refractivity contribution is 0.0955. The molecule has 0 radical (unpaired) electrons. The number of thioether (sulfide) groups is 1. The molecule has 1 N–H and O–H groups in total. The van der Waals surface area contributed by atoms with Crippen molar-refractivity contribution in [2.24, 2.45) is 0 Å². The Kier molecular flexibility index (Phi) is 6.86. The fraction of sp³-hybridized carbons (Fsp3) is 0.278. The van der Waals surface area contributed by atoms with E-state index in [4.69, 9.17) is 0 Å². The maximum atomic E-state index is 12.3. The van der Waals surface area contributed by atoms with Gasteiger partial charge in [-0.2, -0.15) is 0 Å². The predicted molar refractivity (Wildman–Crippen MR) is 98.4 cm³/mol. The molecule has 0 heterocycles. The van der Waals surface area contributed by atoms with Gasteiger partial charge in [-0.3, -0.25) is 9.00 Å². The Balaban J connectivity index is 1.84. The van der Waals surface area contributed by atoms with Crippen molar-refractivity contribution in [1.29, 1.82) is 0 Å². The molecule has 2 aromatic rings. The first-order valence-corrected chi connectivity index (χ1v) is 10.1. The average molecular weight is 348 g/mol. The number of carbonyl (C=O) groups excluding carboxylic acids is 1. The molecule has 0 bridgehead atoms. The Morgan fingerprint density at radius 2 is 1.91 bits per heavy atom. The van der Waals surface area contributed by atoms with Crippen LogP contribution in [-0.2, 0) is 16.6 Å². The molecule has 1 atom stereocenters. The van der Waals surface area contributed by atoms with Crippen molar-refractivity contribution in [3.63, 3.8) is 0 Å². The normalized spacial score (nSPS) is 11.9. The lowest BCUT2D eigenvalue weighted by Gasteiger charge is -2.09. The predicted octanol–water partition coefficient (Wildman–Crippen LogP) is 3.40. The smallest absolute Gasteiger partial charge is 0.251 e. The molecule has 3 nitrogen and oxygen atoms in total. The zero-order valence-corrected chi connectivity index (χ0v) is 15.0. The molecule has 5 heteroatoms. The van der Waals surface area contributed by atoms with Gasteiger partial charge < -0.3 is 5.32 Å². The number of hydrogen-bond acceptors (Lipinski definition) is 3. The second kappa shape index (κ2) is 8.89. The van der Waals surface area contributed by atoms with Crippen LogP contribution in [0.3, 0.4) is 0 Å². The molecule has 0 saturated heterocycles. The van der Waals surface area contributed by atoms with Crippen LogP contribution in [0, 0.1) is 6.92 Å². The number of rotatable bonds is 7. The molecule has 23 heavy (non-hydrogen) atoms. The summed E-state index contributed by atoms with van der Waals surface area (Å²) < 4.78 is 12.1. The van der Waals surface area contributed by atoms with Gasteiger partial charge in [-0.25, -0.2) is 0 Å². The highest BCUT2D eigenvalue weighted by molar-refractivity contribution is 7.98. The zero-order chi connectivity index (χ0) is 16.7. The molecular weight excluding hydrogens is 326 g/mol. The number of carbonyl (C=O) groups is 1. The number of amides is 1. The number of nitrogens with one attached hydrogen (secondary N) is 1. The standard InChI is InChI=1S/C18H21NO2S2/c1-14-8-9-16(22-2)12-17(14)18(20)19-10-11-23(21)13-15-6-4-3-5-7-15/h3-9,12H,10-11,13H2,1-2H3,(H,19,20)/t23-/m1/s1. The van der Waals surface area contributed by atoms with Crippen molar-refractivity contribution in [2.75, 3.05) is 18.6 Å². The van der Waals surface area contributed by atoms with Crippen LogP contribution in [0.25, 0.3) is 0 Å². The molecule has 0 unspecified atom stereocenters. The molecule has 0 saturated carbocycles. The first-order valence-electron chi connectivity index (χ1n) is 7.42. The molecule has 0 aromatic heterocycles. The number of aryl methyl sites for hydroxylation is 1. The lowest BCUT2D eigenvalue weighted by atomic mass is 10.1. The molecule has 1 amide bonds. The van der Waals surface area contributed by atoms with Crippen LogP contribution in [0.4, 0.5) is 0 Å². The average Bonchev–Trinajstić information content (AvgIpc) is 2.56. The van der Waals surface area contributed by atoms with Crippen LogP contribution < -0.4 is 5.32 Å². The second-order valence-corrected chi connectivity index (χ2v) is 7.67. The minimum absolute atomic E-state index is 0.102. The third-order valence-corrected chi connectivity index (χ3v) is 5.52. The summed E-state index contributed by atoms with van der Waals surface area (Å²) in [6.45, 7) is 2.34. The fourth-order valence-corrected chi connectivity index (χ4v) is 3.66. The molecule has 0 fully saturated rings. The summed E-state index contributed by atoms with van der Waals surface area (Å²) in [5.74, 6) is 0.884. The topological polar surface area (TPSA) is 46.2 Å². The van der Waals surface area contributed by atoms with E-state index in [1.54, 1.807) is 11.8 Å². The summed E-state index contributed by atoms with van der Waals surface area (Å²) in [6, 6.07) is 15.6. The quantitative estimate of drug-likeness (QED) is 0.781. The van der Waals surface area contributed by atoms with Crippen LogP contribution in [0.1, 0.15) is 21.5 Å². The van der Waals surface area contributed by atoms with E-state index in [1.165, 1.54) is 0 Å². The first-order chi connectivity index (χ1) is 11.1. The van der Waals surface area contributed by atoms with Gasteiger partial charge in [0.2, 0.25) is 0 Å². The lowest BCUT2D eigenvalue weighted by Crippen LogP contribution is -2.28. The van der Waals surface area contributed by atoms with Gasteiger partial charge in [0.1, 0.15) is 0 Å². The van der Waals surface area contributed by atoms with Crippen LogP contribution in [-0.4, -0.2) is 28.7 Å². The molecule has 0 aliphatic carbocycles. The van der Waals surface area contributed by atoms with Crippen molar-refractivity contribution in [1.82, 2.24) is 5.32 Å². The summed E-state index contributed by atoms with van der Waals surface area (Å²) in [7, 11) is -0.974. The number of hydrogen-bond donors (Lipinski definition) is 1. The van der Waals surface area contributed by atoms with Crippen molar-refractivity contribution in [2.45, 2.75) is 17.6 Å². The zero-order valence-electron chi connectivity index (χ0n) is 13.4. The van der Waals surface area contributed by atoms with Crippen LogP contribution in [0.5, 0.6) is 0 Å². The van der Waals surface area contributed by atoms with Gasteiger partial charge in [-0.05, 0) is 36.4 Å². The van der Waals surface area contributed by atoms with Crippen molar-refractivity contribution >= 4 is 28.5 Å². The van der Waals surface area contributed by atoms with Crippen LogP contribution in [0.2, 0.25) is 0 Å². The second-order valence-electron chi connectivity index (χ2n) is 5.21. The van der Waals surface area contributed by atoms with Crippen LogP contribution >= 0.6 is 11.8 Å². The van der Waals surface area contributed by atoms with Gasteiger partial charge in [-0.15, -0.1) is 11.8 Å². The van der Waals surface area contributed by atoms with E-state index in [0.717, 1.165) is 16.0 Å². The Hall–Kier alpha value is -1.59. The Labute approximate surface area is 144 Å². The van der Waals surface area contributed by atoms with Crippen molar-refractivity contribution in [3.8, 4) is 0 Å². The van der Waals surface area contributed by atoms with E-state index in [1.807, 2.05) is 61.7 Å². The monoisotopic (exact) mass is 347 g/mol. The Bertz CT molecular complexity index is 687. The van der Waals surface area contributed by atoms with E-state index in [0.29, 0.717) is 23.6 Å². The minimum Gasteiger partial charge on any atom is -0.351 e. The van der Waals surface area contributed by atoms with Gasteiger partial charge >= 0.3 is 0 Å². The van der Waals surface area contributed by atoms with E-state index in [2.05, 4.69) is 5.32 Å². The highest BCUT2D eigenvalue weighted by Gasteiger charge is 2.10. The van der Waals surface area contributed by atoms with Gasteiger partial charge in [0.05, 0.1) is 0 Å². The van der Waals surface area contributed by atoms with Crippen molar-refractivity contribution in [3.05, 3.63) is 65.2 Å². The molecular formula is C18H21NO2S2. The van der Waals surface area contributed by atoms with E-state index in [9.17, 15) is 9.00 Å². The Morgan fingerprint density at radius 3 is 2.61 bits per heavy atom. The Morgan fingerprint density at radius 1 is 1.17 bits per heavy atom. The molecule has 122 valence electrons. The van der Waals surface area contributed by atoms with Gasteiger partial charge in [0.25, 0.3) is 5.91 Å². The molecule has 0 spiro atoms. The van der Waals surface area contributed by atoms with E-state index < -0.39 is 10.8 Å². The highest BCUT2D eigenvalue weighted by atomic mass is 32.2. The number of benzene rings is 2. The summed E-state index contributed by atoms with van der Waals surface area (Å²) in [6.07, 6.45) is 1.99. The van der Waals surface area contributed by atoms with Gasteiger partial charge in [0.15, 0.2) is 0 Å². The summed E-state index contributed by atoms with van der Waals surface area (Å²) in [5, 5.41) is 2.87. The molecule has 0 aliphatic rings. The molecule has 2 rings (SSSR count). The third kappa shape index (κ3) is 5.52. The van der Waals surface area contributed by atoms with Gasteiger partial charge in [0, 0.05) is 39.3 Å². The maximum absolute atomic E-state index is 12.3. The fourth-order valence-electron chi connectivity index (χ4n) is 2.18. The third-order valence-electron chi connectivity index (χ3n) is 3.48. The summed E-state index contributed by atoms with van der Waals surface area (Å²) in [5.41, 5.74) is 2.69. The molecule has 0 aliphatic heterocycles. The molecule has 2 aromatic carbocycles. The largest absolute Gasteiger partial charge is 0.351 e. The van der Waals surface area contributed by atoms with Crippen molar-refractivity contribution < 1.29 is 9.00 Å². The summed E-state index contributed by atoms with van der Waals surface area (Å²) in [4.78, 5) is 13.3. The first kappa shape index (κ1) is 17.8. The summed E-state index contributed by atoms with van der Waals surface area (Å²) >= 11 is 1.61. The van der Waals surface area contributed by atoms with Crippen LogP contribution in [0.15, 0.2) is 53.4 Å². The van der Waals surface area contributed by atoms with Gasteiger partial charge in [-0.1, -0.05) is 36.4 Å². The minimum atomic E-state index is -0.974. The van der Waals surface area contributed by atoms with E-state index >= 15 is 0 Å². The highest BCUT2D eigenvalue weighted by Crippen LogP contribution is 2.18. The SMILES string of the molecule is CSc1ccc(C)c(C(=O)NCC[S@@](=O)Cc2ccccc2)c1. The van der Waals surface area contributed by atoms with E-state index in [-0.39, 0.29) is 5.91 Å². The maximum Gasteiger partial charge on any atom is 0.251 e.